The van der Waals surface area contributed by atoms with E-state index in [1.807, 2.05) is 13.8 Å². The summed E-state index contributed by atoms with van der Waals surface area (Å²) in [5.74, 6) is -1.77. The fourth-order valence-corrected chi connectivity index (χ4v) is 2.35. The number of rotatable bonds is 4. The van der Waals surface area contributed by atoms with Crippen molar-refractivity contribution >= 4 is 0 Å². The number of benzene rings is 1. The molecule has 3 unspecified atom stereocenters. The van der Waals surface area contributed by atoms with E-state index in [-0.39, 0.29) is 17.5 Å². The van der Waals surface area contributed by atoms with Gasteiger partial charge in [0.1, 0.15) is 17.5 Å². The zero-order valence-corrected chi connectivity index (χ0v) is 9.93. The average molecular weight is 243 g/mol. The van der Waals surface area contributed by atoms with Crippen LogP contribution in [0.4, 0.5) is 13.2 Å². The lowest BCUT2D eigenvalue weighted by molar-refractivity contribution is 0.422. The predicted molar refractivity (Wildman–Crippen MR) is 60.0 cm³/mol. The summed E-state index contributed by atoms with van der Waals surface area (Å²) < 4.78 is 40.2. The molecule has 4 heteroatoms. The minimum atomic E-state index is -0.872. The van der Waals surface area contributed by atoms with Crippen molar-refractivity contribution in [3.8, 4) is 0 Å². The minimum absolute atomic E-state index is 0.0254. The molecule has 3 atom stereocenters. The SMILES string of the molecule is CCNC(c1c(F)cc(F)cc1F)C1CC1C. The Hall–Kier alpha value is -1.03. The highest BCUT2D eigenvalue weighted by molar-refractivity contribution is 5.26. The van der Waals surface area contributed by atoms with Crippen LogP contribution in [0.3, 0.4) is 0 Å². The molecule has 0 aromatic heterocycles. The van der Waals surface area contributed by atoms with Crippen LogP contribution in [0.15, 0.2) is 12.1 Å². The van der Waals surface area contributed by atoms with E-state index in [0.29, 0.717) is 12.5 Å². The van der Waals surface area contributed by atoms with Gasteiger partial charge in [0.25, 0.3) is 0 Å². The van der Waals surface area contributed by atoms with Crippen LogP contribution in [-0.4, -0.2) is 6.54 Å². The second kappa shape index (κ2) is 4.69. The molecular weight excluding hydrogens is 227 g/mol. The van der Waals surface area contributed by atoms with Gasteiger partial charge in [0.05, 0.1) is 0 Å². The van der Waals surface area contributed by atoms with E-state index in [9.17, 15) is 13.2 Å². The highest BCUT2D eigenvalue weighted by atomic mass is 19.1. The molecule has 1 aromatic carbocycles. The van der Waals surface area contributed by atoms with Gasteiger partial charge in [0.15, 0.2) is 0 Å². The van der Waals surface area contributed by atoms with E-state index in [1.165, 1.54) is 0 Å². The Kier molecular flexibility index (Phi) is 3.43. The standard InChI is InChI=1S/C13H16F3N/c1-3-17-13(9-4-7(9)2)12-10(15)5-8(14)6-11(12)16/h5-7,9,13,17H,3-4H2,1-2H3. The molecular formula is C13H16F3N. The molecule has 17 heavy (non-hydrogen) atoms. The minimum Gasteiger partial charge on any atom is -0.310 e. The third-order valence-electron chi connectivity index (χ3n) is 3.38. The summed E-state index contributed by atoms with van der Waals surface area (Å²) in [6.45, 7) is 4.57. The van der Waals surface area contributed by atoms with Crippen LogP contribution in [-0.2, 0) is 0 Å². The van der Waals surface area contributed by atoms with Gasteiger partial charge in [-0.25, -0.2) is 13.2 Å². The van der Waals surface area contributed by atoms with E-state index < -0.39 is 17.5 Å². The third kappa shape index (κ3) is 2.46. The molecule has 94 valence electrons. The van der Waals surface area contributed by atoms with Crippen molar-refractivity contribution in [3.05, 3.63) is 35.1 Å². The summed E-state index contributed by atoms with van der Waals surface area (Å²) in [4.78, 5) is 0. The Morgan fingerprint density at radius 2 is 1.82 bits per heavy atom. The monoisotopic (exact) mass is 243 g/mol. The molecule has 1 aromatic rings. The van der Waals surface area contributed by atoms with Crippen LogP contribution in [0.25, 0.3) is 0 Å². The van der Waals surface area contributed by atoms with Crippen LogP contribution in [0.1, 0.15) is 31.9 Å². The van der Waals surface area contributed by atoms with Gasteiger partial charge in [-0.1, -0.05) is 13.8 Å². The molecule has 1 N–H and O–H groups in total. The van der Waals surface area contributed by atoms with Gasteiger partial charge in [0.2, 0.25) is 0 Å². The van der Waals surface area contributed by atoms with Crippen molar-refractivity contribution in [2.24, 2.45) is 11.8 Å². The van der Waals surface area contributed by atoms with Crippen molar-refractivity contribution in [1.29, 1.82) is 0 Å². The Balaban J connectivity index is 2.35. The first-order valence-corrected chi connectivity index (χ1v) is 5.92. The molecule has 0 heterocycles. The first-order valence-electron chi connectivity index (χ1n) is 5.92. The molecule has 0 radical (unpaired) electrons. The first-order chi connectivity index (χ1) is 8.04. The number of nitrogens with one attached hydrogen (secondary N) is 1. The topological polar surface area (TPSA) is 12.0 Å². The Labute approximate surface area is 99.0 Å². The lowest BCUT2D eigenvalue weighted by Crippen LogP contribution is -2.25. The maximum Gasteiger partial charge on any atom is 0.133 e. The normalized spacial score (nSPS) is 24.8. The molecule has 2 rings (SSSR count). The Morgan fingerprint density at radius 1 is 1.29 bits per heavy atom. The van der Waals surface area contributed by atoms with Crippen molar-refractivity contribution in [2.75, 3.05) is 6.54 Å². The largest absolute Gasteiger partial charge is 0.310 e. The highest BCUT2D eigenvalue weighted by Crippen LogP contribution is 2.47. The van der Waals surface area contributed by atoms with Crippen LogP contribution in [0, 0.1) is 29.3 Å². The summed E-state index contributed by atoms with van der Waals surface area (Å²) in [7, 11) is 0. The van der Waals surface area contributed by atoms with Gasteiger partial charge in [-0.15, -0.1) is 0 Å². The van der Waals surface area contributed by atoms with Gasteiger partial charge >= 0.3 is 0 Å². The van der Waals surface area contributed by atoms with Crippen molar-refractivity contribution < 1.29 is 13.2 Å². The third-order valence-corrected chi connectivity index (χ3v) is 3.38. The second-order valence-corrected chi connectivity index (χ2v) is 4.70. The molecule has 0 aliphatic heterocycles. The van der Waals surface area contributed by atoms with Crippen molar-refractivity contribution in [1.82, 2.24) is 5.32 Å². The Morgan fingerprint density at radius 3 is 2.24 bits per heavy atom. The van der Waals surface area contributed by atoms with E-state index in [2.05, 4.69) is 5.32 Å². The quantitative estimate of drug-likeness (QED) is 0.854. The summed E-state index contributed by atoms with van der Waals surface area (Å²) in [6.07, 6.45) is 0.952. The Bertz CT molecular complexity index is 396. The molecule has 1 aliphatic rings. The summed E-state index contributed by atoms with van der Waals surface area (Å²) in [6, 6.07) is 1.14. The van der Waals surface area contributed by atoms with E-state index >= 15 is 0 Å². The lowest BCUT2D eigenvalue weighted by atomic mass is 9.99. The number of hydrogen-bond acceptors (Lipinski definition) is 1. The summed E-state index contributed by atoms with van der Waals surface area (Å²) in [5, 5.41) is 3.09. The maximum atomic E-state index is 13.7. The smallest absolute Gasteiger partial charge is 0.133 e. The zero-order chi connectivity index (χ0) is 12.6. The summed E-state index contributed by atoms with van der Waals surface area (Å²) >= 11 is 0. The van der Waals surface area contributed by atoms with Crippen LogP contribution in [0.5, 0.6) is 0 Å². The summed E-state index contributed by atoms with van der Waals surface area (Å²) in [5.41, 5.74) is -0.0254. The second-order valence-electron chi connectivity index (χ2n) is 4.70. The van der Waals surface area contributed by atoms with Gasteiger partial charge in [-0.05, 0) is 24.8 Å². The van der Waals surface area contributed by atoms with Crippen molar-refractivity contribution in [2.45, 2.75) is 26.3 Å². The molecule has 1 saturated carbocycles. The van der Waals surface area contributed by atoms with E-state index in [1.54, 1.807) is 0 Å². The average Bonchev–Trinajstić information content (AvgIpc) is 2.92. The first kappa shape index (κ1) is 12.4. The van der Waals surface area contributed by atoms with Crippen LogP contribution >= 0.6 is 0 Å². The lowest BCUT2D eigenvalue weighted by Gasteiger charge is -2.19. The fraction of sp³-hybridized carbons (Fsp3) is 0.538. The van der Waals surface area contributed by atoms with E-state index in [4.69, 9.17) is 0 Å². The highest BCUT2D eigenvalue weighted by Gasteiger charge is 2.41. The van der Waals surface area contributed by atoms with Gasteiger partial charge in [-0.3, -0.25) is 0 Å². The zero-order valence-electron chi connectivity index (χ0n) is 9.93. The molecule has 0 bridgehead atoms. The molecule has 0 saturated heterocycles. The fourth-order valence-electron chi connectivity index (χ4n) is 2.35. The molecule has 1 nitrogen and oxygen atoms in total. The van der Waals surface area contributed by atoms with Crippen LogP contribution < -0.4 is 5.32 Å². The van der Waals surface area contributed by atoms with E-state index in [0.717, 1.165) is 18.6 Å². The van der Waals surface area contributed by atoms with Gasteiger partial charge in [-0.2, -0.15) is 0 Å². The maximum absolute atomic E-state index is 13.7. The van der Waals surface area contributed by atoms with Gasteiger partial charge in [0, 0.05) is 23.7 Å². The molecule has 0 spiro atoms. The number of hydrogen-bond donors (Lipinski definition) is 1. The van der Waals surface area contributed by atoms with Crippen molar-refractivity contribution in [3.63, 3.8) is 0 Å². The van der Waals surface area contributed by atoms with Crippen LogP contribution in [0.2, 0.25) is 0 Å². The molecule has 0 amide bonds. The molecule has 1 aliphatic carbocycles. The number of halogens is 3. The predicted octanol–water partition coefficient (Wildman–Crippen LogP) is 3.41. The molecule has 1 fully saturated rings. The van der Waals surface area contributed by atoms with Gasteiger partial charge < -0.3 is 5.32 Å².